The van der Waals surface area contributed by atoms with Crippen LogP contribution in [0.2, 0.25) is 0 Å². The molecule has 0 saturated carbocycles. The summed E-state index contributed by atoms with van der Waals surface area (Å²) in [6, 6.07) is 182. The van der Waals surface area contributed by atoms with Gasteiger partial charge in [0.25, 0.3) is 0 Å². The van der Waals surface area contributed by atoms with Crippen molar-refractivity contribution in [2.75, 3.05) is 14.7 Å². The average Bonchev–Trinajstić information content (AvgIpc) is 1.48. The smallest absolute Gasteiger partial charge is 0.179 e. The predicted octanol–water partition coefficient (Wildman–Crippen LogP) is 37.9. The highest BCUT2D eigenvalue weighted by Crippen LogP contribution is 2.55. The fraction of sp³-hybridized carbons (Fsp3) is 0. The van der Waals surface area contributed by atoms with Crippen LogP contribution in [0.3, 0.4) is 0 Å². The number of para-hydroxylation sites is 5. The van der Waals surface area contributed by atoms with Gasteiger partial charge in [0.1, 0.15) is 50.9 Å². The third-order valence-corrected chi connectivity index (χ3v) is 37.2. The number of anilines is 9. The first-order chi connectivity index (χ1) is 73.6. The summed E-state index contributed by atoms with van der Waals surface area (Å²) in [6.07, 6.45) is 0. The lowest BCUT2D eigenvalue weighted by molar-refractivity contribution is 0.548. The number of thiophene rings is 3. The van der Waals surface area contributed by atoms with Gasteiger partial charge in [0.2, 0.25) is 0 Å². The van der Waals surface area contributed by atoms with Gasteiger partial charge < -0.3 is 28.0 Å². The van der Waals surface area contributed by atoms with Gasteiger partial charge in [-0.25, -0.2) is 13.2 Å². The summed E-state index contributed by atoms with van der Waals surface area (Å²) in [5, 5.41) is 21.6. The molecule has 0 fully saturated rings. The molecule has 13 heteroatoms. The Morgan fingerprint density at radius 1 is 0.188 bits per heavy atom. The lowest BCUT2D eigenvalue weighted by atomic mass is 9.99. The van der Waals surface area contributed by atoms with Crippen LogP contribution in [-0.2, 0) is 0 Å². The van der Waals surface area contributed by atoms with E-state index in [4.69, 9.17) is 13.3 Å². The number of rotatable bonds is 17. The van der Waals surface area contributed by atoms with E-state index in [1.165, 1.54) is 111 Å². The second kappa shape index (κ2) is 37.8. The maximum absolute atomic E-state index is 14.6. The van der Waals surface area contributed by atoms with Crippen LogP contribution in [0.25, 0.3) is 182 Å². The second-order valence-corrected chi connectivity index (χ2v) is 44.4. The van der Waals surface area contributed by atoms with Crippen molar-refractivity contribution in [1.82, 2.24) is 0 Å². The minimum Gasteiger partial charge on any atom is -0.455 e. The first-order valence-electron chi connectivity index (χ1n) is 49.8. The maximum Gasteiger partial charge on any atom is 0.179 e. The Balaban J connectivity index is 0.000000112. The highest BCUT2D eigenvalue weighted by atomic mass is 32.1. The highest BCUT2D eigenvalue weighted by Gasteiger charge is 2.42. The van der Waals surface area contributed by atoms with Crippen molar-refractivity contribution in [3.05, 3.63) is 539 Å². The zero-order valence-corrected chi connectivity index (χ0v) is 83.5. The molecule has 149 heavy (non-hydrogen) atoms. The van der Waals surface area contributed by atoms with E-state index >= 15 is 0 Å². The van der Waals surface area contributed by atoms with E-state index in [-0.39, 0.29) is 5.56 Å². The fourth-order valence-electron chi connectivity index (χ4n) is 22.3. The molecule has 0 N–H and O–H groups in total. The molecule has 29 aromatic rings. The van der Waals surface area contributed by atoms with E-state index in [0.29, 0.717) is 17.7 Å². The van der Waals surface area contributed by atoms with Gasteiger partial charge in [-0.2, -0.15) is 0 Å². The maximum atomic E-state index is 14.6. The monoisotopic (exact) mass is 1990 g/mol. The molecule has 23 aromatic carbocycles. The van der Waals surface area contributed by atoms with Crippen molar-refractivity contribution in [2.24, 2.45) is 0 Å². The summed E-state index contributed by atoms with van der Waals surface area (Å²) in [5.74, 6) is -2.83. The lowest BCUT2D eigenvalue weighted by Crippen LogP contribution is -2.74. The van der Waals surface area contributed by atoms with Crippen molar-refractivity contribution in [1.29, 1.82) is 0 Å². The molecule has 0 unspecified atom stereocenters. The van der Waals surface area contributed by atoms with Gasteiger partial charge in [0.05, 0.1) is 22.6 Å². The van der Waals surface area contributed by atoms with Crippen LogP contribution in [0, 0.1) is 17.5 Å². The Hall–Kier alpha value is -18.2. The van der Waals surface area contributed by atoms with E-state index in [0.717, 1.165) is 132 Å². The van der Waals surface area contributed by atoms with E-state index in [1.54, 1.807) is 23.5 Å². The molecular weight excluding hydrogens is 1900 g/mol. The van der Waals surface area contributed by atoms with Crippen molar-refractivity contribution in [2.45, 2.75) is 0 Å². The molecule has 29 rings (SSSR count). The summed E-state index contributed by atoms with van der Waals surface area (Å²) in [6.45, 7) is 0. The number of hydrogen-bond donors (Lipinski definition) is 0. The molecule has 6 aromatic heterocycles. The number of furan rings is 3. The normalized spacial score (nSPS) is 11.7. The fourth-order valence-corrected chi connectivity index (χ4v) is 30.6. The topological polar surface area (TPSA) is 49.1 Å². The number of benzene rings is 23. The standard InChI is InChI=1S/C54H37NOSSi.C46H29NOS.C36H20F3NOS/c1-5-16-40(17-6-1)55(48-25-15-27-50-52(48)53-51(57-50)37-36-47-46-24-13-14-26-49(46)56-54(47)53)41-32-28-38(29-33-41)39-30-34-45(35-31-39)58(42-18-7-2-8-19-42,43-20-9-3-10-21-43)44-22-11-4-12-23-44;1-3-12-30(13-4-1)32-22-26-34(27-23-32)47(35-28-24-33(25-29-35)31-14-5-2-6-15-31)39-19-11-21-41-43(39)44-45-42(38-18-9-10-20-40(38)48-45)36-16-7-8-17-37(36)46(44)49-41;37-22-19-27(38)33(28(39)20-22)21-13-15-24(16-14-21)40(23-7-2-1-3-8-23)29-10-6-12-31-34(29)35-32(42-31)18-17-26-25-9-4-5-11-30(25)41-36(26)35/h1-37H;1-29H;1-20H. The van der Waals surface area contributed by atoms with E-state index < -0.39 is 25.5 Å². The molecule has 6 nitrogen and oxygen atoms in total. The van der Waals surface area contributed by atoms with Crippen molar-refractivity contribution in [3.63, 3.8) is 0 Å². The number of halogens is 3. The molecule has 0 amide bonds. The van der Waals surface area contributed by atoms with Crippen LogP contribution >= 0.6 is 34.0 Å². The van der Waals surface area contributed by atoms with Gasteiger partial charge in [-0.05, 0) is 217 Å². The van der Waals surface area contributed by atoms with Gasteiger partial charge in [-0.1, -0.05) is 358 Å². The Morgan fingerprint density at radius 2 is 0.477 bits per heavy atom. The molecule has 6 heterocycles. The van der Waals surface area contributed by atoms with Gasteiger partial charge in [0.15, 0.2) is 8.07 Å². The summed E-state index contributed by atoms with van der Waals surface area (Å²) >= 11 is 5.38. The summed E-state index contributed by atoms with van der Waals surface area (Å²) in [7, 11) is -2.60. The van der Waals surface area contributed by atoms with E-state index in [2.05, 4.69) is 439 Å². The second-order valence-electron chi connectivity index (χ2n) is 37.4. The first kappa shape index (κ1) is 89.6. The van der Waals surface area contributed by atoms with Crippen LogP contribution in [0.4, 0.5) is 64.4 Å². The van der Waals surface area contributed by atoms with Crippen LogP contribution in [-0.4, -0.2) is 8.07 Å². The SMILES string of the molecule is Fc1cc(F)c(-c2ccc(N(c3ccccc3)c3cccc4sc5ccc6c7ccccc7oc6c5c34)cc2)c(F)c1.c1ccc(-c2ccc(N(c3ccc(-c4ccccc4)cc3)c3cccc4sc5c6ccccc6c6c7ccccc7oc6c5c34)cc2)cc1.c1ccc(N(c2ccc(-c3ccc([Si](c4ccccc4)(c4ccccc4)c4ccccc4)cc3)cc2)c2cccc3sc4ccc5c6ccccc6oc5c4c23)cc1. The van der Waals surface area contributed by atoms with Crippen LogP contribution in [0.15, 0.2) is 535 Å². The minimum absolute atomic E-state index is 0.257. The van der Waals surface area contributed by atoms with Crippen molar-refractivity contribution in [3.8, 4) is 44.5 Å². The molecule has 706 valence electrons. The first-order valence-corrected chi connectivity index (χ1v) is 54.2. The Labute approximate surface area is 869 Å². The van der Waals surface area contributed by atoms with Gasteiger partial charge in [-0.3, -0.25) is 0 Å². The summed E-state index contributed by atoms with van der Waals surface area (Å²) in [5.41, 5.74) is 22.0. The molecular formula is C136H86F3N3O3S3Si. The largest absolute Gasteiger partial charge is 0.455 e. The zero-order valence-electron chi connectivity index (χ0n) is 80.1. The van der Waals surface area contributed by atoms with Gasteiger partial charge in [-0.15, -0.1) is 34.0 Å². The molecule has 0 aliphatic heterocycles. The Morgan fingerprint density at radius 3 is 0.879 bits per heavy atom. The zero-order chi connectivity index (χ0) is 99.2. The molecule has 0 radical (unpaired) electrons. The quantitative estimate of drug-likeness (QED) is 0.0669. The number of fused-ring (bicyclic) bond motifs is 24. The predicted molar refractivity (Wildman–Crippen MR) is 627 cm³/mol. The van der Waals surface area contributed by atoms with Crippen molar-refractivity contribution < 1.29 is 26.4 Å². The molecule has 0 bridgehead atoms. The van der Waals surface area contributed by atoms with Gasteiger partial charge in [0, 0.05) is 144 Å². The molecule has 0 atom stereocenters. The van der Waals surface area contributed by atoms with Crippen LogP contribution < -0.4 is 35.4 Å². The summed E-state index contributed by atoms with van der Waals surface area (Å²) < 4.78 is 69.8. The Bertz CT molecular complexity index is 9910. The molecule has 0 spiro atoms. The van der Waals surface area contributed by atoms with E-state index in [1.807, 2.05) is 95.5 Å². The third kappa shape index (κ3) is 15.7. The van der Waals surface area contributed by atoms with Crippen LogP contribution in [0.5, 0.6) is 0 Å². The lowest BCUT2D eigenvalue weighted by Gasteiger charge is -2.34. The molecule has 0 aliphatic carbocycles. The molecule has 0 saturated heterocycles. The third-order valence-electron chi connectivity index (χ3n) is 29.0. The van der Waals surface area contributed by atoms with Gasteiger partial charge >= 0.3 is 0 Å². The average molecular weight is 1990 g/mol. The highest BCUT2D eigenvalue weighted by molar-refractivity contribution is 7.27. The van der Waals surface area contributed by atoms with E-state index in [9.17, 15) is 13.2 Å². The summed E-state index contributed by atoms with van der Waals surface area (Å²) in [4.78, 5) is 6.93. The number of hydrogen-bond acceptors (Lipinski definition) is 9. The minimum atomic E-state index is -2.60. The number of nitrogens with zero attached hydrogens (tertiary/aromatic N) is 3. The van der Waals surface area contributed by atoms with Crippen LogP contribution in [0.1, 0.15) is 0 Å². The molecule has 0 aliphatic rings. The van der Waals surface area contributed by atoms with Crippen molar-refractivity contribution >= 4 is 251 Å². The Kier molecular flexibility index (Phi) is 22.7.